The summed E-state index contributed by atoms with van der Waals surface area (Å²) in [5.41, 5.74) is 0. The summed E-state index contributed by atoms with van der Waals surface area (Å²) in [6, 6.07) is 0. The Bertz CT molecular complexity index is 833. The largest absolute Gasteiger partial charge is 0.756 e. The Morgan fingerprint density at radius 3 is 1.49 bits per heavy atom. The Morgan fingerprint density at radius 2 is 1.02 bits per heavy atom. The van der Waals surface area contributed by atoms with Crippen molar-refractivity contribution in [1.29, 1.82) is 0 Å². The Labute approximate surface area is 316 Å². The zero-order valence-electron chi connectivity index (χ0n) is 34.3. The van der Waals surface area contributed by atoms with Crippen LogP contribution >= 0.6 is 7.82 Å². The number of likely N-dealkylation sites (N-methyl/N-ethyl adjacent to an activating group) is 1. The highest BCUT2D eigenvalue weighted by molar-refractivity contribution is 7.45. The number of unbranched alkanes of at least 4 members (excludes halogenated alkanes) is 24. The lowest BCUT2D eigenvalue weighted by molar-refractivity contribution is -0.870. The summed E-state index contributed by atoms with van der Waals surface area (Å²) in [6.07, 6.45) is 37.8. The van der Waals surface area contributed by atoms with E-state index in [1.165, 1.54) is 128 Å². The van der Waals surface area contributed by atoms with E-state index >= 15 is 0 Å². The van der Waals surface area contributed by atoms with Crippen molar-refractivity contribution < 1.29 is 37.3 Å². The molecule has 0 aliphatic rings. The summed E-state index contributed by atoms with van der Waals surface area (Å²) >= 11 is 0. The zero-order chi connectivity index (χ0) is 37.7. The molecule has 0 amide bonds. The molecule has 0 aliphatic heterocycles. The minimum Gasteiger partial charge on any atom is -0.756 e. The first kappa shape index (κ1) is 50.2. The van der Waals surface area contributed by atoms with E-state index in [2.05, 4.69) is 26.0 Å². The molecule has 0 saturated heterocycles. The fraction of sp³-hybridized carbons (Fsp3) is 0.929. The number of allylic oxidation sites excluding steroid dienone is 2. The topological polar surface area (TPSA) is 94.1 Å². The molecule has 51 heavy (non-hydrogen) atoms. The van der Waals surface area contributed by atoms with Gasteiger partial charge in [-0.25, -0.2) is 0 Å². The van der Waals surface area contributed by atoms with Gasteiger partial charge in [0.15, 0.2) is 0 Å². The van der Waals surface area contributed by atoms with Gasteiger partial charge in [-0.1, -0.05) is 161 Å². The molecule has 0 aromatic rings. The highest BCUT2D eigenvalue weighted by Crippen LogP contribution is 2.38. The lowest BCUT2D eigenvalue weighted by atomic mass is 10.0. The fourth-order valence-corrected chi connectivity index (χ4v) is 6.68. The van der Waals surface area contributed by atoms with E-state index in [1.54, 1.807) is 0 Å². The Morgan fingerprint density at radius 1 is 0.588 bits per heavy atom. The van der Waals surface area contributed by atoms with Crippen molar-refractivity contribution in [2.45, 2.75) is 200 Å². The second kappa shape index (κ2) is 36.2. The van der Waals surface area contributed by atoms with Gasteiger partial charge in [0.2, 0.25) is 0 Å². The number of esters is 1. The highest BCUT2D eigenvalue weighted by Gasteiger charge is 2.20. The standard InChI is InChI=1S/C42H84NO7P/c1-6-8-10-12-14-16-18-20-22-23-25-27-29-31-33-35-42(44)50-41(40-49-51(45,46)48-38-36-43(3,4)5)39-47-37-34-32-30-28-26-24-21-19-17-15-13-11-9-7-2/h20,22,41H,6-19,21,23-40H2,1-5H3/b22-20+/t41-/m1/s1. The molecule has 0 fully saturated rings. The molecule has 304 valence electrons. The summed E-state index contributed by atoms with van der Waals surface area (Å²) in [7, 11) is 1.36. The number of rotatable bonds is 40. The maximum absolute atomic E-state index is 12.6. The average molecular weight is 746 g/mol. The molecule has 8 nitrogen and oxygen atoms in total. The van der Waals surface area contributed by atoms with Crippen molar-refractivity contribution in [3.8, 4) is 0 Å². The van der Waals surface area contributed by atoms with E-state index < -0.39 is 13.9 Å². The molecule has 9 heteroatoms. The number of hydrogen-bond acceptors (Lipinski definition) is 7. The van der Waals surface area contributed by atoms with Crippen molar-refractivity contribution in [2.75, 3.05) is 54.1 Å². The minimum absolute atomic E-state index is 0.0276. The van der Waals surface area contributed by atoms with Crippen LogP contribution in [0.1, 0.15) is 194 Å². The van der Waals surface area contributed by atoms with E-state index in [0.717, 1.165) is 44.9 Å². The first-order valence-electron chi connectivity index (χ1n) is 21.4. The molecule has 0 aromatic carbocycles. The number of quaternary nitrogens is 1. The van der Waals surface area contributed by atoms with Crippen LogP contribution in [0.5, 0.6) is 0 Å². The van der Waals surface area contributed by atoms with Gasteiger partial charge in [-0.15, -0.1) is 0 Å². The molecule has 2 atom stereocenters. The van der Waals surface area contributed by atoms with Crippen molar-refractivity contribution in [1.82, 2.24) is 0 Å². The van der Waals surface area contributed by atoms with Crippen LogP contribution in [-0.4, -0.2) is 70.7 Å². The first-order chi connectivity index (χ1) is 24.6. The van der Waals surface area contributed by atoms with Gasteiger partial charge < -0.3 is 27.9 Å². The second-order valence-corrected chi connectivity index (χ2v) is 17.1. The van der Waals surface area contributed by atoms with Crippen LogP contribution in [0, 0.1) is 0 Å². The van der Waals surface area contributed by atoms with E-state index in [0.29, 0.717) is 24.1 Å². The van der Waals surface area contributed by atoms with Gasteiger partial charge >= 0.3 is 5.97 Å². The quantitative estimate of drug-likeness (QED) is 0.0203. The number of hydrogen-bond donors (Lipinski definition) is 0. The lowest BCUT2D eigenvalue weighted by Crippen LogP contribution is -2.37. The molecule has 0 aromatic heterocycles. The van der Waals surface area contributed by atoms with Gasteiger partial charge in [0.25, 0.3) is 7.82 Å². The molecule has 0 spiro atoms. The van der Waals surface area contributed by atoms with Crippen LogP contribution in [0.15, 0.2) is 12.2 Å². The van der Waals surface area contributed by atoms with Gasteiger partial charge in [-0.2, -0.15) is 0 Å². The summed E-state index contributed by atoms with van der Waals surface area (Å²) < 4.78 is 34.5. The van der Waals surface area contributed by atoms with Crippen molar-refractivity contribution in [3.63, 3.8) is 0 Å². The van der Waals surface area contributed by atoms with Gasteiger partial charge in [-0.05, 0) is 38.5 Å². The van der Waals surface area contributed by atoms with Crippen LogP contribution in [0.3, 0.4) is 0 Å². The molecule has 1 unspecified atom stereocenters. The van der Waals surface area contributed by atoms with Gasteiger partial charge in [-0.3, -0.25) is 9.36 Å². The number of phosphoric ester groups is 1. The number of carbonyl (C=O) groups is 1. The highest BCUT2D eigenvalue weighted by atomic mass is 31.2. The Kier molecular flexibility index (Phi) is 35.7. The molecule has 0 saturated carbocycles. The van der Waals surface area contributed by atoms with Crippen LogP contribution in [0.2, 0.25) is 0 Å². The summed E-state index contributed by atoms with van der Waals surface area (Å²) in [5.74, 6) is -0.340. The van der Waals surface area contributed by atoms with Crippen LogP contribution < -0.4 is 4.89 Å². The van der Waals surface area contributed by atoms with Gasteiger partial charge in [0, 0.05) is 13.0 Å². The van der Waals surface area contributed by atoms with Crippen molar-refractivity contribution in [2.24, 2.45) is 0 Å². The van der Waals surface area contributed by atoms with Crippen LogP contribution in [0.25, 0.3) is 0 Å². The Balaban J connectivity index is 4.24. The van der Waals surface area contributed by atoms with E-state index in [4.69, 9.17) is 18.5 Å². The van der Waals surface area contributed by atoms with Crippen LogP contribution in [-0.2, 0) is 27.9 Å². The minimum atomic E-state index is -4.52. The predicted molar refractivity (Wildman–Crippen MR) is 213 cm³/mol. The van der Waals surface area contributed by atoms with Gasteiger partial charge in [0.05, 0.1) is 34.4 Å². The maximum Gasteiger partial charge on any atom is 0.306 e. The normalized spacial score (nSPS) is 13.9. The molecule has 0 N–H and O–H groups in total. The third kappa shape index (κ3) is 40.3. The summed E-state index contributed by atoms with van der Waals surface area (Å²) in [5, 5.41) is 0. The molecule has 0 bridgehead atoms. The molecule has 0 radical (unpaired) electrons. The number of phosphoric acid groups is 1. The number of nitrogens with zero attached hydrogens (tertiary/aromatic N) is 1. The van der Waals surface area contributed by atoms with Crippen molar-refractivity contribution in [3.05, 3.63) is 12.2 Å². The monoisotopic (exact) mass is 746 g/mol. The maximum atomic E-state index is 12.6. The third-order valence-electron chi connectivity index (χ3n) is 9.32. The summed E-state index contributed by atoms with van der Waals surface area (Å²) in [4.78, 5) is 25.0. The van der Waals surface area contributed by atoms with Gasteiger partial charge in [0.1, 0.15) is 19.3 Å². The van der Waals surface area contributed by atoms with E-state index in [-0.39, 0.29) is 25.8 Å². The SMILES string of the molecule is CCCCCCCC/C=C/CCCCCCCC(=O)O[C@H](COCCCCCCCCCCCCCCCC)COP(=O)([O-])OCC[N+](C)(C)C. The molecule has 0 heterocycles. The molecular weight excluding hydrogens is 661 g/mol. The molecule has 0 aliphatic carbocycles. The second-order valence-electron chi connectivity index (χ2n) is 15.7. The zero-order valence-corrected chi connectivity index (χ0v) is 35.2. The fourth-order valence-electron chi connectivity index (χ4n) is 5.95. The third-order valence-corrected chi connectivity index (χ3v) is 10.3. The average Bonchev–Trinajstić information content (AvgIpc) is 3.08. The smallest absolute Gasteiger partial charge is 0.306 e. The number of ether oxygens (including phenoxy) is 2. The van der Waals surface area contributed by atoms with E-state index in [9.17, 15) is 14.3 Å². The lowest BCUT2D eigenvalue weighted by Gasteiger charge is -2.28. The number of carbonyl (C=O) groups excluding carboxylic acids is 1. The van der Waals surface area contributed by atoms with E-state index in [1.807, 2.05) is 21.1 Å². The molecular formula is C42H84NO7P. The van der Waals surface area contributed by atoms with Crippen molar-refractivity contribution >= 4 is 13.8 Å². The molecule has 0 rings (SSSR count). The van der Waals surface area contributed by atoms with Crippen LogP contribution in [0.4, 0.5) is 0 Å². The predicted octanol–water partition coefficient (Wildman–Crippen LogP) is 11.6. The summed E-state index contributed by atoms with van der Waals surface area (Å²) in [6.45, 7) is 5.43. The Hall–Kier alpha value is -0.760. The first-order valence-corrected chi connectivity index (χ1v) is 22.9.